The smallest absolute Gasteiger partial charge is 0.120 e. The molecular weight excluding hydrogens is 194 g/mol. The van der Waals surface area contributed by atoms with Gasteiger partial charge in [0.05, 0.1) is 25.4 Å². The van der Waals surface area contributed by atoms with Crippen LogP contribution in [-0.2, 0) is 4.74 Å². The van der Waals surface area contributed by atoms with E-state index in [4.69, 9.17) is 4.74 Å². The average Bonchev–Trinajstić information content (AvgIpc) is 2.58. The molecule has 2 fully saturated rings. The van der Waals surface area contributed by atoms with Crippen molar-refractivity contribution in [2.75, 3.05) is 19.8 Å². The lowest BCUT2D eigenvalue weighted by Crippen LogP contribution is -2.57. The Labute approximate surface area is 90.6 Å². The molecule has 2 rings (SSSR count). The van der Waals surface area contributed by atoms with Crippen LogP contribution in [0.4, 0.5) is 0 Å². The third-order valence-corrected chi connectivity index (χ3v) is 3.68. The van der Waals surface area contributed by atoms with Crippen LogP contribution in [0.3, 0.4) is 0 Å². The van der Waals surface area contributed by atoms with E-state index in [0.29, 0.717) is 12.5 Å². The van der Waals surface area contributed by atoms with Gasteiger partial charge >= 0.3 is 0 Å². The summed E-state index contributed by atoms with van der Waals surface area (Å²) in [6.45, 7) is 2.50. The Balaban J connectivity index is 2.06. The standard InChI is InChI=1S/C11H21NO3/c1-9-3-2-4-11(5-9)12-10(6-13,7-14)8-15-11/h9,12-14H,2-8H2,1H3. The molecule has 1 saturated heterocycles. The second kappa shape index (κ2) is 4.01. The second-order valence-electron chi connectivity index (χ2n) is 5.21. The van der Waals surface area contributed by atoms with E-state index in [9.17, 15) is 10.2 Å². The van der Waals surface area contributed by atoms with Gasteiger partial charge < -0.3 is 14.9 Å². The summed E-state index contributed by atoms with van der Waals surface area (Å²) < 4.78 is 5.82. The van der Waals surface area contributed by atoms with E-state index in [-0.39, 0.29) is 18.9 Å². The minimum absolute atomic E-state index is 0.0698. The van der Waals surface area contributed by atoms with Gasteiger partial charge in [-0.05, 0) is 25.2 Å². The zero-order valence-electron chi connectivity index (χ0n) is 9.33. The maximum Gasteiger partial charge on any atom is 0.120 e. The number of ether oxygens (including phenoxy) is 1. The van der Waals surface area contributed by atoms with Crippen LogP contribution >= 0.6 is 0 Å². The zero-order valence-corrected chi connectivity index (χ0v) is 9.33. The molecule has 1 spiro atoms. The lowest BCUT2D eigenvalue weighted by atomic mass is 9.83. The Bertz CT molecular complexity index is 230. The molecule has 1 aliphatic carbocycles. The Morgan fingerprint density at radius 2 is 2.13 bits per heavy atom. The highest BCUT2D eigenvalue weighted by Gasteiger charge is 2.49. The molecule has 88 valence electrons. The Morgan fingerprint density at radius 1 is 1.40 bits per heavy atom. The summed E-state index contributed by atoms with van der Waals surface area (Å²) in [5, 5.41) is 21.9. The van der Waals surface area contributed by atoms with Crippen molar-refractivity contribution in [1.82, 2.24) is 5.32 Å². The van der Waals surface area contributed by atoms with Crippen LogP contribution in [0.5, 0.6) is 0 Å². The maximum absolute atomic E-state index is 9.29. The third kappa shape index (κ3) is 2.04. The quantitative estimate of drug-likeness (QED) is 0.617. The van der Waals surface area contributed by atoms with Crippen molar-refractivity contribution >= 4 is 0 Å². The first kappa shape index (κ1) is 11.3. The molecule has 0 radical (unpaired) electrons. The molecule has 1 heterocycles. The molecule has 0 aromatic heterocycles. The lowest BCUT2D eigenvalue weighted by molar-refractivity contribution is -0.0516. The number of hydrogen-bond donors (Lipinski definition) is 3. The molecule has 2 aliphatic rings. The molecule has 1 aliphatic heterocycles. The Hall–Kier alpha value is -0.160. The molecule has 2 unspecified atom stereocenters. The molecule has 0 aromatic rings. The van der Waals surface area contributed by atoms with E-state index in [1.807, 2.05) is 0 Å². The monoisotopic (exact) mass is 215 g/mol. The van der Waals surface area contributed by atoms with Crippen molar-refractivity contribution in [3.05, 3.63) is 0 Å². The molecule has 0 aromatic carbocycles. The number of aliphatic hydroxyl groups excluding tert-OH is 2. The highest BCUT2D eigenvalue weighted by atomic mass is 16.5. The average molecular weight is 215 g/mol. The first-order valence-corrected chi connectivity index (χ1v) is 5.79. The van der Waals surface area contributed by atoms with E-state index >= 15 is 0 Å². The fourth-order valence-corrected chi connectivity index (χ4v) is 2.80. The van der Waals surface area contributed by atoms with Gasteiger partial charge in [0.15, 0.2) is 0 Å². The van der Waals surface area contributed by atoms with Crippen LogP contribution in [0.2, 0.25) is 0 Å². The zero-order chi connectivity index (χ0) is 10.9. The van der Waals surface area contributed by atoms with Gasteiger partial charge in [-0.25, -0.2) is 0 Å². The molecule has 15 heavy (non-hydrogen) atoms. The van der Waals surface area contributed by atoms with Gasteiger partial charge in [-0.1, -0.05) is 13.3 Å². The number of rotatable bonds is 2. The van der Waals surface area contributed by atoms with Crippen molar-refractivity contribution in [2.45, 2.75) is 43.9 Å². The summed E-state index contributed by atoms with van der Waals surface area (Å²) in [6.07, 6.45) is 4.37. The lowest BCUT2D eigenvalue weighted by Gasteiger charge is -2.37. The van der Waals surface area contributed by atoms with Gasteiger partial charge in [-0.15, -0.1) is 0 Å². The second-order valence-corrected chi connectivity index (χ2v) is 5.21. The minimum atomic E-state index is -0.628. The first-order chi connectivity index (χ1) is 7.14. The van der Waals surface area contributed by atoms with Crippen LogP contribution in [0.15, 0.2) is 0 Å². The van der Waals surface area contributed by atoms with Crippen molar-refractivity contribution in [3.8, 4) is 0 Å². The molecular formula is C11H21NO3. The van der Waals surface area contributed by atoms with Gasteiger partial charge in [0.2, 0.25) is 0 Å². The van der Waals surface area contributed by atoms with Gasteiger partial charge in [0.25, 0.3) is 0 Å². The van der Waals surface area contributed by atoms with Crippen molar-refractivity contribution in [2.24, 2.45) is 5.92 Å². The molecule has 0 bridgehead atoms. The highest BCUT2D eigenvalue weighted by molar-refractivity contribution is 5.01. The molecule has 4 nitrogen and oxygen atoms in total. The summed E-state index contributed by atoms with van der Waals surface area (Å²) >= 11 is 0. The maximum atomic E-state index is 9.29. The Kier molecular flexibility index (Phi) is 3.03. The summed E-state index contributed by atoms with van der Waals surface area (Å²) in [5.74, 6) is 0.652. The number of nitrogens with one attached hydrogen (secondary N) is 1. The van der Waals surface area contributed by atoms with Crippen LogP contribution in [-0.4, -0.2) is 41.3 Å². The van der Waals surface area contributed by atoms with Gasteiger partial charge in [-0.3, -0.25) is 5.32 Å². The predicted molar refractivity (Wildman–Crippen MR) is 56.4 cm³/mol. The van der Waals surface area contributed by atoms with E-state index in [0.717, 1.165) is 19.3 Å². The van der Waals surface area contributed by atoms with Crippen molar-refractivity contribution < 1.29 is 14.9 Å². The van der Waals surface area contributed by atoms with Gasteiger partial charge in [0, 0.05) is 0 Å². The minimum Gasteiger partial charge on any atom is -0.394 e. The van der Waals surface area contributed by atoms with Crippen LogP contribution < -0.4 is 5.32 Å². The summed E-state index contributed by atoms with van der Waals surface area (Å²) in [6, 6.07) is 0. The number of hydrogen-bond acceptors (Lipinski definition) is 4. The van der Waals surface area contributed by atoms with E-state index in [1.54, 1.807) is 0 Å². The van der Waals surface area contributed by atoms with Crippen molar-refractivity contribution in [3.63, 3.8) is 0 Å². The van der Waals surface area contributed by atoms with Gasteiger partial charge in [0.1, 0.15) is 5.72 Å². The fraction of sp³-hybridized carbons (Fsp3) is 1.00. The first-order valence-electron chi connectivity index (χ1n) is 5.79. The SMILES string of the molecule is CC1CCCC2(C1)NC(CO)(CO)CO2. The van der Waals surface area contributed by atoms with Crippen LogP contribution in [0.25, 0.3) is 0 Å². The molecule has 0 amide bonds. The predicted octanol–water partition coefficient (Wildman–Crippen LogP) is 0.236. The van der Waals surface area contributed by atoms with Crippen LogP contribution in [0, 0.1) is 5.92 Å². The van der Waals surface area contributed by atoms with Crippen molar-refractivity contribution in [1.29, 1.82) is 0 Å². The fourth-order valence-electron chi connectivity index (χ4n) is 2.80. The van der Waals surface area contributed by atoms with Gasteiger partial charge in [-0.2, -0.15) is 0 Å². The normalized spacial score (nSPS) is 39.8. The Morgan fingerprint density at radius 3 is 2.67 bits per heavy atom. The molecule has 3 N–H and O–H groups in total. The van der Waals surface area contributed by atoms with Crippen LogP contribution in [0.1, 0.15) is 32.6 Å². The summed E-state index contributed by atoms with van der Waals surface area (Å²) in [5.41, 5.74) is -0.916. The molecule has 4 heteroatoms. The van der Waals surface area contributed by atoms with E-state index in [2.05, 4.69) is 12.2 Å². The molecule has 1 saturated carbocycles. The van der Waals surface area contributed by atoms with E-state index < -0.39 is 5.54 Å². The third-order valence-electron chi connectivity index (χ3n) is 3.68. The summed E-state index contributed by atoms with van der Waals surface area (Å²) in [4.78, 5) is 0. The topological polar surface area (TPSA) is 61.7 Å². The largest absolute Gasteiger partial charge is 0.394 e. The molecule has 2 atom stereocenters. The highest BCUT2D eigenvalue weighted by Crippen LogP contribution is 2.38. The van der Waals surface area contributed by atoms with E-state index in [1.165, 1.54) is 6.42 Å². The summed E-state index contributed by atoms with van der Waals surface area (Å²) in [7, 11) is 0. The number of aliphatic hydroxyl groups is 2.